The van der Waals surface area contributed by atoms with Gasteiger partial charge in [-0.3, -0.25) is 14.9 Å². The van der Waals surface area contributed by atoms with Crippen molar-refractivity contribution < 1.29 is 28.7 Å². The van der Waals surface area contributed by atoms with Crippen LogP contribution in [0.5, 0.6) is 0 Å². The van der Waals surface area contributed by atoms with Gasteiger partial charge in [-0.25, -0.2) is 4.79 Å². The molecule has 0 saturated carbocycles. The molecule has 0 saturated heterocycles. The molecule has 1 aliphatic heterocycles. The molecule has 1 heterocycles. The van der Waals surface area contributed by atoms with E-state index in [4.69, 9.17) is 9.47 Å². The average Bonchev–Trinajstić information content (AvgIpc) is 2.47. The molecule has 0 fully saturated rings. The number of esters is 1. The zero-order chi connectivity index (χ0) is 16.5. The largest absolute Gasteiger partial charge is 0.477 e. The maximum Gasteiger partial charge on any atom is 0.374 e. The first-order chi connectivity index (χ1) is 10.5. The van der Waals surface area contributed by atoms with Gasteiger partial charge in [0.25, 0.3) is 5.70 Å². The van der Waals surface area contributed by atoms with E-state index in [1.807, 2.05) is 0 Å². The number of allylic oxidation sites excluding steroid dienone is 2. The van der Waals surface area contributed by atoms with Crippen LogP contribution in [0.3, 0.4) is 0 Å². The van der Waals surface area contributed by atoms with Crippen molar-refractivity contribution in [3.63, 3.8) is 0 Å². The molecule has 0 aromatic rings. The lowest BCUT2D eigenvalue weighted by Crippen LogP contribution is -2.29. The molecule has 1 aliphatic rings. The van der Waals surface area contributed by atoms with Gasteiger partial charge in [0.1, 0.15) is 13.2 Å². The minimum absolute atomic E-state index is 0.0640. The van der Waals surface area contributed by atoms with Gasteiger partial charge in [0.2, 0.25) is 5.78 Å². The Morgan fingerprint density at radius 1 is 1.41 bits per heavy atom. The summed E-state index contributed by atoms with van der Waals surface area (Å²) in [7, 11) is 1.51. The van der Waals surface area contributed by atoms with Crippen LogP contribution in [-0.4, -0.2) is 50.2 Å². The number of hydrogen-bond donors (Lipinski definition) is 1. The van der Waals surface area contributed by atoms with Crippen molar-refractivity contribution in [2.45, 2.75) is 13.3 Å². The molecule has 0 atom stereocenters. The topological polar surface area (TPSA) is 117 Å². The smallest absolute Gasteiger partial charge is 0.374 e. The first kappa shape index (κ1) is 17.6. The van der Waals surface area contributed by atoms with E-state index in [2.05, 4.69) is 10.1 Å². The zero-order valence-electron chi connectivity index (χ0n) is 12.4. The van der Waals surface area contributed by atoms with Crippen LogP contribution >= 0.6 is 0 Å². The third kappa shape index (κ3) is 5.17. The summed E-state index contributed by atoms with van der Waals surface area (Å²) in [6.45, 7) is 2.13. The molecule has 122 valence electrons. The van der Waals surface area contributed by atoms with Gasteiger partial charge < -0.3 is 19.5 Å². The van der Waals surface area contributed by atoms with Gasteiger partial charge >= 0.3 is 5.97 Å². The van der Waals surface area contributed by atoms with E-state index in [1.54, 1.807) is 6.92 Å². The fourth-order valence-corrected chi connectivity index (χ4v) is 1.70. The van der Waals surface area contributed by atoms with Crippen molar-refractivity contribution in [2.24, 2.45) is 0 Å². The number of dihydropyridines is 1. The van der Waals surface area contributed by atoms with Crippen molar-refractivity contribution in [3.8, 4) is 0 Å². The Balaban J connectivity index is 2.85. The molecule has 0 bridgehead atoms. The predicted molar refractivity (Wildman–Crippen MR) is 74.2 cm³/mol. The highest BCUT2D eigenvalue weighted by atomic mass is 16.6. The number of nitrogens with one attached hydrogen (secondary N) is 1. The monoisotopic (exact) mass is 314 g/mol. The lowest BCUT2D eigenvalue weighted by molar-refractivity contribution is -0.427. The summed E-state index contributed by atoms with van der Waals surface area (Å²) in [6, 6.07) is 0. The lowest BCUT2D eigenvalue weighted by Gasteiger charge is -2.17. The van der Waals surface area contributed by atoms with Crippen LogP contribution in [0.15, 0.2) is 23.2 Å². The molecule has 0 aromatic heterocycles. The number of Topliss-reactive ketones (excluding diaryl/α,β-unsaturated/α-hetero) is 1. The van der Waals surface area contributed by atoms with Crippen LogP contribution in [0.4, 0.5) is 0 Å². The molecule has 0 spiro atoms. The molecule has 0 unspecified atom stereocenters. The van der Waals surface area contributed by atoms with Crippen LogP contribution in [0, 0.1) is 10.1 Å². The summed E-state index contributed by atoms with van der Waals surface area (Å²) in [5, 5.41) is 13.7. The van der Waals surface area contributed by atoms with E-state index in [1.165, 1.54) is 13.2 Å². The minimum Gasteiger partial charge on any atom is -0.477 e. The highest BCUT2D eigenvalue weighted by Crippen LogP contribution is 2.18. The van der Waals surface area contributed by atoms with Crippen LogP contribution in [0.25, 0.3) is 0 Å². The van der Waals surface area contributed by atoms with Crippen LogP contribution in [0.2, 0.25) is 0 Å². The number of carbonyl (C=O) groups is 2. The standard InChI is InChI=1S/C13H18N2O7/c1-3-21-13(17)11(16)6-9-7-12(22-5-4-20-2)14-8-10(9)15(18)19/h7,14H,3-6,8H2,1-2H3. The second-order valence-corrected chi connectivity index (χ2v) is 4.25. The molecule has 9 nitrogen and oxygen atoms in total. The average molecular weight is 314 g/mol. The molecule has 1 rings (SSSR count). The highest BCUT2D eigenvalue weighted by Gasteiger charge is 2.27. The number of nitro groups is 1. The molecule has 0 amide bonds. The Labute approximate surface area is 127 Å². The van der Waals surface area contributed by atoms with E-state index in [9.17, 15) is 19.7 Å². The molecule has 0 aliphatic carbocycles. The summed E-state index contributed by atoms with van der Waals surface area (Å²) in [6.07, 6.45) is 0.933. The third-order valence-corrected chi connectivity index (χ3v) is 2.73. The highest BCUT2D eigenvalue weighted by molar-refractivity contribution is 6.34. The number of carbonyl (C=O) groups excluding carboxylic acids is 2. The molecule has 1 N–H and O–H groups in total. The van der Waals surface area contributed by atoms with Crippen molar-refractivity contribution in [2.75, 3.05) is 33.5 Å². The number of rotatable bonds is 9. The van der Waals surface area contributed by atoms with E-state index in [0.717, 1.165) is 0 Å². The number of methoxy groups -OCH3 is 1. The van der Waals surface area contributed by atoms with Gasteiger partial charge in [0.05, 0.1) is 18.1 Å². The van der Waals surface area contributed by atoms with Gasteiger partial charge in [-0.15, -0.1) is 0 Å². The summed E-state index contributed by atoms with van der Waals surface area (Å²) in [5.41, 5.74) is -0.0639. The number of ether oxygens (including phenoxy) is 3. The lowest BCUT2D eigenvalue weighted by atomic mass is 10.0. The summed E-state index contributed by atoms with van der Waals surface area (Å²) < 4.78 is 14.7. The number of nitrogens with zero attached hydrogens (tertiary/aromatic N) is 1. The predicted octanol–water partition coefficient (Wildman–Crippen LogP) is 0.147. The van der Waals surface area contributed by atoms with Gasteiger partial charge in [-0.1, -0.05) is 0 Å². The van der Waals surface area contributed by atoms with Crippen LogP contribution in [-0.2, 0) is 23.8 Å². The van der Waals surface area contributed by atoms with Gasteiger partial charge in [0, 0.05) is 25.2 Å². The van der Waals surface area contributed by atoms with Crippen molar-refractivity contribution in [1.29, 1.82) is 0 Å². The van der Waals surface area contributed by atoms with Gasteiger partial charge in [0.15, 0.2) is 5.88 Å². The SMILES string of the molecule is CCOC(=O)C(=O)CC1=C([N+](=O)[O-])CNC(OCCOC)=C1. The number of hydrogen-bond acceptors (Lipinski definition) is 8. The molecular formula is C13H18N2O7. The quantitative estimate of drug-likeness (QED) is 0.210. The third-order valence-electron chi connectivity index (χ3n) is 2.73. The summed E-state index contributed by atoms with van der Waals surface area (Å²) in [5.74, 6) is -1.56. The van der Waals surface area contributed by atoms with E-state index in [-0.39, 0.29) is 36.9 Å². The Morgan fingerprint density at radius 3 is 2.73 bits per heavy atom. The Hall–Kier alpha value is -2.42. The van der Waals surface area contributed by atoms with Crippen molar-refractivity contribution >= 4 is 11.8 Å². The van der Waals surface area contributed by atoms with Gasteiger partial charge in [-0.2, -0.15) is 0 Å². The van der Waals surface area contributed by atoms with Crippen molar-refractivity contribution in [1.82, 2.24) is 5.32 Å². The second-order valence-electron chi connectivity index (χ2n) is 4.25. The Morgan fingerprint density at radius 2 is 2.14 bits per heavy atom. The fraction of sp³-hybridized carbons (Fsp3) is 0.538. The molecule has 22 heavy (non-hydrogen) atoms. The first-order valence-corrected chi connectivity index (χ1v) is 6.63. The Bertz CT molecular complexity index is 511. The maximum atomic E-state index is 11.7. The first-order valence-electron chi connectivity index (χ1n) is 6.63. The second kappa shape index (κ2) is 8.78. The van der Waals surface area contributed by atoms with E-state index < -0.39 is 23.1 Å². The van der Waals surface area contributed by atoms with E-state index in [0.29, 0.717) is 6.61 Å². The van der Waals surface area contributed by atoms with Crippen LogP contribution in [0.1, 0.15) is 13.3 Å². The molecular weight excluding hydrogens is 296 g/mol. The maximum absolute atomic E-state index is 11.7. The molecule has 9 heteroatoms. The normalized spacial score (nSPS) is 14.0. The molecule has 0 radical (unpaired) electrons. The van der Waals surface area contributed by atoms with Gasteiger partial charge in [-0.05, 0) is 6.92 Å². The van der Waals surface area contributed by atoms with E-state index >= 15 is 0 Å². The molecule has 0 aromatic carbocycles. The summed E-state index contributed by atoms with van der Waals surface area (Å²) in [4.78, 5) is 33.4. The summed E-state index contributed by atoms with van der Waals surface area (Å²) >= 11 is 0. The fourth-order valence-electron chi connectivity index (χ4n) is 1.70. The van der Waals surface area contributed by atoms with Crippen LogP contribution < -0.4 is 5.32 Å². The minimum atomic E-state index is -1.01. The van der Waals surface area contributed by atoms with Crippen molar-refractivity contribution in [3.05, 3.63) is 33.3 Å². The number of ketones is 1. The Kier molecular flexibility index (Phi) is 7.03. The zero-order valence-corrected chi connectivity index (χ0v) is 12.4.